The molecule has 25 heavy (non-hydrogen) atoms. The minimum atomic E-state index is -4.68. The van der Waals surface area contributed by atoms with Gasteiger partial charge in [-0.1, -0.05) is 12.1 Å². The molecule has 3 rings (SSSR count). The molecule has 0 aliphatic carbocycles. The van der Waals surface area contributed by atoms with Gasteiger partial charge in [0.1, 0.15) is 0 Å². The highest BCUT2D eigenvalue weighted by molar-refractivity contribution is 7.91. The van der Waals surface area contributed by atoms with Gasteiger partial charge in [0.2, 0.25) is 9.84 Å². The quantitative estimate of drug-likeness (QED) is 0.771. The summed E-state index contributed by atoms with van der Waals surface area (Å²) in [6.07, 6.45) is 3.26. The van der Waals surface area contributed by atoms with Crippen LogP contribution in [-0.4, -0.2) is 25.1 Å². The molecule has 8 heteroatoms. The monoisotopic (exact) mass is 362 g/mol. The molecule has 128 valence electrons. The Hall–Kier alpha value is -2.87. The summed E-state index contributed by atoms with van der Waals surface area (Å²) in [5.41, 5.74) is 0.716. The van der Waals surface area contributed by atoms with Crippen molar-refractivity contribution in [2.24, 2.45) is 0 Å². The molecule has 2 aromatic carbocycles. The molecule has 1 heterocycles. The summed E-state index contributed by atoms with van der Waals surface area (Å²) in [6.45, 7) is 0. The molecule has 0 unspecified atom stereocenters. The van der Waals surface area contributed by atoms with Crippen molar-refractivity contribution in [2.45, 2.75) is 10.7 Å². The molecule has 0 spiro atoms. The molecule has 0 aliphatic heterocycles. The number of fused-ring (bicyclic) bond motifs is 1. The van der Waals surface area contributed by atoms with E-state index in [1.165, 1.54) is 12.1 Å². The number of anilines is 1. The fraction of sp³-hybridized carbons (Fsp3) is 0.0588. The number of rotatable bonds is 4. The average Bonchev–Trinajstić information content (AvgIpc) is 2.62. The Balaban J connectivity index is 1.87. The number of carbonyl (C=O) groups is 1. The first-order chi connectivity index (χ1) is 11.9. The molecule has 1 aromatic heterocycles. The second-order valence-electron chi connectivity index (χ2n) is 5.19. The lowest BCUT2D eigenvalue weighted by atomic mass is 10.1. The van der Waals surface area contributed by atoms with Gasteiger partial charge in [-0.2, -0.15) is 8.78 Å². The van der Waals surface area contributed by atoms with Gasteiger partial charge in [0.15, 0.2) is 0 Å². The second-order valence-corrected chi connectivity index (χ2v) is 7.10. The van der Waals surface area contributed by atoms with Crippen LogP contribution in [0.2, 0.25) is 0 Å². The van der Waals surface area contributed by atoms with Crippen LogP contribution in [0, 0.1) is 0 Å². The lowest BCUT2D eigenvalue weighted by molar-refractivity contribution is 0.102. The Kier molecular flexibility index (Phi) is 4.45. The Morgan fingerprint density at radius 3 is 2.44 bits per heavy atom. The molecule has 0 atom stereocenters. The van der Waals surface area contributed by atoms with Crippen molar-refractivity contribution in [1.29, 1.82) is 0 Å². The smallest absolute Gasteiger partial charge is 0.321 e. The number of nitrogens with one attached hydrogen (secondary N) is 1. The van der Waals surface area contributed by atoms with E-state index in [1.807, 2.05) is 6.07 Å². The van der Waals surface area contributed by atoms with Crippen LogP contribution in [0.3, 0.4) is 0 Å². The summed E-state index contributed by atoms with van der Waals surface area (Å²) >= 11 is 0. The first kappa shape index (κ1) is 17.0. The highest BCUT2D eigenvalue weighted by Gasteiger charge is 2.26. The van der Waals surface area contributed by atoms with Gasteiger partial charge in [-0.05, 0) is 36.4 Å². The van der Waals surface area contributed by atoms with Crippen LogP contribution in [0.5, 0.6) is 0 Å². The predicted octanol–water partition coefficient (Wildman–Crippen LogP) is 3.48. The number of hydrogen-bond acceptors (Lipinski definition) is 4. The van der Waals surface area contributed by atoms with Gasteiger partial charge >= 0.3 is 5.76 Å². The number of halogens is 2. The standard InChI is InChI=1S/C17H12F2N2O3S/c18-17(19)25(23,24)13-6-4-11(5-7-13)16(22)21-15-3-1-2-12-10-20-9-8-14(12)15/h1-10,17H,(H,21,22). The van der Waals surface area contributed by atoms with E-state index in [-0.39, 0.29) is 5.56 Å². The third-order valence-electron chi connectivity index (χ3n) is 3.61. The fourth-order valence-electron chi connectivity index (χ4n) is 2.32. The summed E-state index contributed by atoms with van der Waals surface area (Å²) in [5.74, 6) is -3.98. The number of hydrogen-bond donors (Lipinski definition) is 1. The normalized spacial score (nSPS) is 11.6. The molecular weight excluding hydrogens is 350 g/mol. The van der Waals surface area contributed by atoms with Gasteiger partial charge in [0.25, 0.3) is 5.91 Å². The fourth-order valence-corrected chi connectivity index (χ4v) is 3.05. The Bertz CT molecular complexity index is 1030. The first-order valence-corrected chi connectivity index (χ1v) is 8.70. The van der Waals surface area contributed by atoms with Crippen molar-refractivity contribution in [3.8, 4) is 0 Å². The van der Waals surface area contributed by atoms with Crippen LogP contribution >= 0.6 is 0 Å². The van der Waals surface area contributed by atoms with Crippen LogP contribution in [0.4, 0.5) is 14.5 Å². The summed E-state index contributed by atoms with van der Waals surface area (Å²) in [7, 11) is -4.68. The van der Waals surface area contributed by atoms with Crippen molar-refractivity contribution in [3.63, 3.8) is 0 Å². The van der Waals surface area contributed by atoms with Gasteiger partial charge in [-0.3, -0.25) is 9.78 Å². The SMILES string of the molecule is O=C(Nc1cccc2cnccc12)c1ccc(S(=O)(=O)C(F)F)cc1. The van der Waals surface area contributed by atoms with Gasteiger partial charge in [-0.25, -0.2) is 8.42 Å². The van der Waals surface area contributed by atoms with Crippen molar-refractivity contribution >= 4 is 32.2 Å². The first-order valence-electron chi connectivity index (χ1n) is 7.16. The molecule has 0 bridgehead atoms. The zero-order valence-electron chi connectivity index (χ0n) is 12.7. The summed E-state index contributed by atoms with van der Waals surface area (Å²) in [6, 6.07) is 11.4. The van der Waals surface area contributed by atoms with Crippen LogP contribution in [0.25, 0.3) is 10.8 Å². The third kappa shape index (κ3) is 3.34. The number of aromatic nitrogens is 1. The minimum Gasteiger partial charge on any atom is -0.321 e. The summed E-state index contributed by atoms with van der Waals surface area (Å²) < 4.78 is 47.8. The van der Waals surface area contributed by atoms with Gasteiger partial charge in [0, 0.05) is 34.4 Å². The molecule has 0 saturated carbocycles. The second kappa shape index (κ2) is 6.56. The molecule has 5 nitrogen and oxygen atoms in total. The van der Waals surface area contributed by atoms with Crippen molar-refractivity contribution in [2.75, 3.05) is 5.32 Å². The highest BCUT2D eigenvalue weighted by atomic mass is 32.2. The Labute approximate surface area is 142 Å². The summed E-state index contributed by atoms with van der Waals surface area (Å²) in [4.78, 5) is 15.8. The molecule has 1 amide bonds. The van der Waals surface area contributed by atoms with E-state index in [1.54, 1.807) is 30.6 Å². The van der Waals surface area contributed by atoms with E-state index < -0.39 is 26.4 Å². The number of nitrogens with zero attached hydrogens (tertiary/aromatic N) is 1. The van der Waals surface area contributed by atoms with Crippen LogP contribution in [0.1, 0.15) is 10.4 Å². The molecule has 0 saturated heterocycles. The molecule has 0 aliphatic rings. The number of pyridine rings is 1. The lowest BCUT2D eigenvalue weighted by Gasteiger charge is -2.09. The lowest BCUT2D eigenvalue weighted by Crippen LogP contribution is -2.14. The van der Waals surface area contributed by atoms with Gasteiger partial charge in [-0.15, -0.1) is 0 Å². The van der Waals surface area contributed by atoms with Crippen molar-refractivity contribution in [1.82, 2.24) is 4.98 Å². The predicted molar refractivity (Wildman–Crippen MR) is 89.3 cm³/mol. The Morgan fingerprint density at radius 2 is 1.76 bits per heavy atom. The van der Waals surface area contributed by atoms with Crippen molar-refractivity contribution in [3.05, 3.63) is 66.5 Å². The number of amides is 1. The number of alkyl halides is 2. The maximum atomic E-state index is 12.5. The van der Waals surface area contributed by atoms with Crippen LogP contribution in [0.15, 0.2) is 65.8 Å². The van der Waals surface area contributed by atoms with E-state index in [2.05, 4.69) is 10.3 Å². The minimum absolute atomic E-state index is 0.152. The third-order valence-corrected chi connectivity index (χ3v) is 5.01. The number of benzene rings is 2. The van der Waals surface area contributed by atoms with E-state index in [0.29, 0.717) is 5.69 Å². The van der Waals surface area contributed by atoms with E-state index in [0.717, 1.165) is 22.9 Å². The van der Waals surface area contributed by atoms with Crippen LogP contribution < -0.4 is 5.32 Å². The van der Waals surface area contributed by atoms with Crippen molar-refractivity contribution < 1.29 is 22.0 Å². The van der Waals surface area contributed by atoms with E-state index in [4.69, 9.17) is 0 Å². The molecular formula is C17H12F2N2O3S. The number of carbonyl (C=O) groups excluding carboxylic acids is 1. The maximum absolute atomic E-state index is 12.5. The average molecular weight is 362 g/mol. The molecule has 0 fully saturated rings. The van der Waals surface area contributed by atoms with Gasteiger partial charge in [0.05, 0.1) is 4.90 Å². The topological polar surface area (TPSA) is 76.1 Å². The van der Waals surface area contributed by atoms with Gasteiger partial charge < -0.3 is 5.32 Å². The highest BCUT2D eigenvalue weighted by Crippen LogP contribution is 2.23. The zero-order valence-corrected chi connectivity index (χ0v) is 13.5. The largest absolute Gasteiger partial charge is 0.341 e. The van der Waals surface area contributed by atoms with E-state index in [9.17, 15) is 22.0 Å². The zero-order chi connectivity index (χ0) is 18.0. The Morgan fingerprint density at radius 1 is 1.04 bits per heavy atom. The van der Waals surface area contributed by atoms with E-state index >= 15 is 0 Å². The summed E-state index contributed by atoms with van der Waals surface area (Å²) in [5, 5.41) is 4.36. The molecule has 3 aromatic rings. The maximum Gasteiger partial charge on any atom is 0.341 e. The molecule has 0 radical (unpaired) electrons. The van der Waals surface area contributed by atoms with Crippen LogP contribution in [-0.2, 0) is 9.84 Å². The number of sulfone groups is 1. The molecule has 1 N–H and O–H groups in total.